The summed E-state index contributed by atoms with van der Waals surface area (Å²) in [4.78, 5) is 17.6. The van der Waals surface area contributed by atoms with E-state index in [0.29, 0.717) is 32.7 Å². The highest BCUT2D eigenvalue weighted by Crippen LogP contribution is 2.25. The number of amides is 1. The van der Waals surface area contributed by atoms with Crippen molar-refractivity contribution >= 4 is 22.4 Å². The van der Waals surface area contributed by atoms with Gasteiger partial charge in [0.15, 0.2) is 5.13 Å². The number of carbonyl (C=O) groups excluding carboxylic acids is 1. The molecule has 7 heteroatoms. The van der Waals surface area contributed by atoms with Crippen molar-refractivity contribution in [2.45, 2.75) is 45.4 Å². The van der Waals surface area contributed by atoms with E-state index in [1.165, 1.54) is 11.3 Å². The number of ether oxygens (including phenoxy) is 1. The number of hydrogen-bond acceptors (Lipinski definition) is 6. The van der Waals surface area contributed by atoms with Crippen LogP contribution < -0.4 is 10.2 Å². The third-order valence-electron chi connectivity index (χ3n) is 3.86. The van der Waals surface area contributed by atoms with Gasteiger partial charge in [-0.2, -0.15) is 0 Å². The Balaban J connectivity index is 1.87. The predicted molar refractivity (Wildman–Crippen MR) is 82.5 cm³/mol. The Bertz CT molecular complexity index is 494. The van der Waals surface area contributed by atoms with E-state index in [2.05, 4.69) is 10.3 Å². The van der Waals surface area contributed by atoms with Crippen molar-refractivity contribution in [1.82, 2.24) is 10.3 Å². The molecule has 2 unspecified atom stereocenters. The molecule has 0 bridgehead atoms. The fraction of sp³-hybridized carbons (Fsp3) is 0.714. The molecule has 0 aliphatic carbocycles. The smallest absolute Gasteiger partial charge is 0.225 e. The van der Waals surface area contributed by atoms with E-state index in [1.54, 1.807) is 11.8 Å². The Morgan fingerprint density at radius 1 is 1.71 bits per heavy atom. The number of anilines is 1. The zero-order chi connectivity index (χ0) is 15.5. The van der Waals surface area contributed by atoms with Gasteiger partial charge in [-0.3, -0.25) is 9.69 Å². The monoisotopic (exact) mass is 313 g/mol. The zero-order valence-electron chi connectivity index (χ0n) is 12.8. The van der Waals surface area contributed by atoms with Gasteiger partial charge in [0, 0.05) is 45.0 Å². The quantitative estimate of drug-likeness (QED) is 0.824. The average Bonchev–Trinajstić information content (AvgIpc) is 2.99. The van der Waals surface area contributed by atoms with E-state index in [9.17, 15) is 9.90 Å². The molecule has 1 aromatic rings. The van der Waals surface area contributed by atoms with Gasteiger partial charge in [-0.15, -0.1) is 11.3 Å². The van der Waals surface area contributed by atoms with Crippen molar-refractivity contribution in [2.24, 2.45) is 0 Å². The fourth-order valence-corrected chi connectivity index (χ4v) is 3.34. The number of nitrogens with zero attached hydrogens (tertiary/aromatic N) is 2. The molecule has 1 aromatic heterocycles. The minimum absolute atomic E-state index is 0.00222. The molecule has 0 spiro atoms. The molecule has 0 aromatic carbocycles. The Labute approximate surface area is 129 Å². The Kier molecular flexibility index (Phi) is 5.32. The van der Waals surface area contributed by atoms with Crippen LogP contribution in [0.2, 0.25) is 0 Å². The van der Waals surface area contributed by atoms with Gasteiger partial charge in [0.25, 0.3) is 0 Å². The number of thiazole rings is 1. The van der Waals surface area contributed by atoms with Gasteiger partial charge in [-0.05, 0) is 13.8 Å². The molecule has 1 fully saturated rings. The highest BCUT2D eigenvalue weighted by molar-refractivity contribution is 7.14. The first-order valence-corrected chi connectivity index (χ1v) is 8.11. The molecule has 0 radical (unpaired) electrons. The lowest BCUT2D eigenvalue weighted by atomic mass is 9.97. The Morgan fingerprint density at radius 2 is 2.48 bits per heavy atom. The third-order valence-corrected chi connectivity index (χ3v) is 4.78. The van der Waals surface area contributed by atoms with Crippen molar-refractivity contribution in [1.29, 1.82) is 0 Å². The first kappa shape index (κ1) is 16.4. The van der Waals surface area contributed by atoms with E-state index < -0.39 is 5.60 Å². The molecule has 1 amide bonds. The normalized spacial score (nSPS) is 25.2. The van der Waals surface area contributed by atoms with Gasteiger partial charge in [-0.1, -0.05) is 0 Å². The molecule has 118 valence electrons. The minimum atomic E-state index is -0.798. The molecule has 6 nitrogen and oxygen atoms in total. The minimum Gasteiger partial charge on any atom is -0.386 e. The number of aliphatic hydroxyl groups is 1. The fourth-order valence-electron chi connectivity index (χ4n) is 2.40. The summed E-state index contributed by atoms with van der Waals surface area (Å²) in [5.41, 5.74) is 0.0816. The van der Waals surface area contributed by atoms with Crippen molar-refractivity contribution in [3.63, 3.8) is 0 Å². The highest BCUT2D eigenvalue weighted by Gasteiger charge is 2.38. The standard InChI is InChI=1S/C14H23N3O3S/c1-4-17(11(3)18)13-16-12(8-21-13)7-15-9-14(19)5-6-20-10(14)2/h8,10,15,19H,4-7,9H2,1-3H3. The van der Waals surface area contributed by atoms with Crippen LogP contribution in [-0.2, 0) is 16.1 Å². The lowest BCUT2D eigenvalue weighted by Gasteiger charge is -2.26. The maximum atomic E-state index is 11.5. The number of rotatable bonds is 6. The number of nitrogens with one attached hydrogen (secondary N) is 1. The van der Waals surface area contributed by atoms with Gasteiger partial charge in [0.1, 0.15) is 5.60 Å². The lowest BCUT2D eigenvalue weighted by molar-refractivity contribution is -0.116. The van der Waals surface area contributed by atoms with E-state index in [0.717, 1.165) is 10.8 Å². The van der Waals surface area contributed by atoms with E-state index >= 15 is 0 Å². The van der Waals surface area contributed by atoms with Crippen molar-refractivity contribution in [3.8, 4) is 0 Å². The first-order chi connectivity index (χ1) is 9.96. The summed E-state index contributed by atoms with van der Waals surface area (Å²) < 4.78 is 5.40. The summed E-state index contributed by atoms with van der Waals surface area (Å²) in [6, 6.07) is 0. The van der Waals surface area contributed by atoms with Gasteiger partial charge < -0.3 is 15.2 Å². The second-order valence-electron chi connectivity index (χ2n) is 5.35. The van der Waals surface area contributed by atoms with Crippen LogP contribution in [0.4, 0.5) is 5.13 Å². The van der Waals surface area contributed by atoms with Crippen LogP contribution >= 0.6 is 11.3 Å². The zero-order valence-corrected chi connectivity index (χ0v) is 13.6. The molecule has 1 saturated heterocycles. The second kappa shape index (κ2) is 6.83. The highest BCUT2D eigenvalue weighted by atomic mass is 32.1. The maximum absolute atomic E-state index is 11.5. The summed E-state index contributed by atoms with van der Waals surface area (Å²) in [6.07, 6.45) is 0.501. The van der Waals surface area contributed by atoms with Crippen LogP contribution in [0.25, 0.3) is 0 Å². The van der Waals surface area contributed by atoms with E-state index in [4.69, 9.17) is 4.74 Å². The van der Waals surface area contributed by atoms with Gasteiger partial charge in [-0.25, -0.2) is 4.98 Å². The molecule has 2 heterocycles. The van der Waals surface area contributed by atoms with Crippen molar-refractivity contribution < 1.29 is 14.6 Å². The van der Waals surface area contributed by atoms with Crippen LogP contribution in [0.5, 0.6) is 0 Å². The molecule has 0 saturated carbocycles. The summed E-state index contributed by atoms with van der Waals surface area (Å²) in [6.45, 7) is 7.62. The van der Waals surface area contributed by atoms with Gasteiger partial charge in [0.2, 0.25) is 5.91 Å². The molecule has 2 rings (SSSR count). The Hall–Kier alpha value is -1.02. The number of aromatic nitrogens is 1. The largest absolute Gasteiger partial charge is 0.386 e. The molecule has 2 atom stereocenters. The summed E-state index contributed by atoms with van der Waals surface area (Å²) >= 11 is 1.46. The lowest BCUT2D eigenvalue weighted by Crippen LogP contribution is -2.45. The number of hydrogen-bond donors (Lipinski definition) is 2. The average molecular weight is 313 g/mol. The van der Waals surface area contributed by atoms with Crippen LogP contribution in [0.3, 0.4) is 0 Å². The third kappa shape index (κ3) is 3.79. The van der Waals surface area contributed by atoms with Crippen LogP contribution in [-0.4, -0.2) is 47.4 Å². The van der Waals surface area contributed by atoms with Gasteiger partial charge >= 0.3 is 0 Å². The maximum Gasteiger partial charge on any atom is 0.225 e. The summed E-state index contributed by atoms with van der Waals surface area (Å²) in [7, 11) is 0. The van der Waals surface area contributed by atoms with Gasteiger partial charge in [0.05, 0.1) is 11.8 Å². The Morgan fingerprint density at radius 3 is 3.05 bits per heavy atom. The second-order valence-corrected chi connectivity index (χ2v) is 6.19. The molecular formula is C14H23N3O3S. The predicted octanol–water partition coefficient (Wildman–Crippen LogP) is 1.15. The van der Waals surface area contributed by atoms with Crippen LogP contribution in [0.1, 0.15) is 32.9 Å². The van der Waals surface area contributed by atoms with Crippen molar-refractivity contribution in [2.75, 3.05) is 24.6 Å². The van der Waals surface area contributed by atoms with Crippen LogP contribution in [0.15, 0.2) is 5.38 Å². The first-order valence-electron chi connectivity index (χ1n) is 7.23. The summed E-state index contributed by atoms with van der Waals surface area (Å²) in [5, 5.41) is 16.3. The summed E-state index contributed by atoms with van der Waals surface area (Å²) in [5.74, 6) is -0.00222. The van der Waals surface area contributed by atoms with Crippen molar-refractivity contribution in [3.05, 3.63) is 11.1 Å². The van der Waals surface area contributed by atoms with Crippen LogP contribution in [0, 0.1) is 0 Å². The topological polar surface area (TPSA) is 74.7 Å². The molecule has 2 N–H and O–H groups in total. The molecule has 21 heavy (non-hydrogen) atoms. The van der Waals surface area contributed by atoms with E-state index in [-0.39, 0.29) is 12.0 Å². The van der Waals surface area contributed by atoms with E-state index in [1.807, 2.05) is 19.2 Å². The molecule has 1 aliphatic heterocycles. The number of carbonyl (C=O) groups is 1. The SMILES string of the molecule is CCN(C(C)=O)c1nc(CNCC2(O)CCOC2C)cs1. The molecule has 1 aliphatic rings. The molecular weight excluding hydrogens is 290 g/mol.